The lowest BCUT2D eigenvalue weighted by Crippen LogP contribution is -2.50. The van der Waals surface area contributed by atoms with E-state index in [-0.39, 0.29) is 0 Å². The summed E-state index contributed by atoms with van der Waals surface area (Å²) in [5.74, 6) is 3.19. The Bertz CT molecular complexity index is 241. The van der Waals surface area contributed by atoms with Crippen LogP contribution in [0.2, 0.25) is 0 Å². The summed E-state index contributed by atoms with van der Waals surface area (Å²) >= 11 is 4.16. The molecule has 0 radical (unpaired) electrons. The largest absolute Gasteiger partial charge is 0.368 e. The van der Waals surface area contributed by atoms with Crippen LogP contribution in [0.1, 0.15) is 32.1 Å². The van der Waals surface area contributed by atoms with E-state index in [9.17, 15) is 5.11 Å². The van der Waals surface area contributed by atoms with Gasteiger partial charge in [-0.25, -0.2) is 0 Å². The molecule has 3 fully saturated rings. The third kappa shape index (κ3) is 1.84. The fourth-order valence-corrected chi connectivity index (χ4v) is 6.89. The number of ether oxygens (including phenoxy) is 1. The van der Waals surface area contributed by atoms with Gasteiger partial charge in [0, 0.05) is 23.8 Å². The third-order valence-corrected chi connectivity index (χ3v) is 7.53. The normalized spacial score (nSPS) is 44.2. The van der Waals surface area contributed by atoms with Gasteiger partial charge in [0.05, 0.1) is 10.2 Å². The number of rotatable bonds is 0. The maximum absolute atomic E-state index is 9.82. The molecule has 2 aliphatic heterocycles. The first kappa shape index (κ1) is 10.8. The van der Waals surface area contributed by atoms with Gasteiger partial charge in [0.25, 0.3) is 0 Å². The summed E-state index contributed by atoms with van der Waals surface area (Å²) in [6.45, 7) is 0. The summed E-state index contributed by atoms with van der Waals surface area (Å²) in [7, 11) is 0. The Balaban J connectivity index is 1.84. The molecule has 3 atom stereocenters. The number of fused-ring (bicyclic) bond motifs is 2. The van der Waals surface area contributed by atoms with Crippen molar-refractivity contribution < 1.29 is 9.84 Å². The van der Waals surface area contributed by atoms with Crippen LogP contribution in [-0.4, -0.2) is 33.1 Å². The van der Waals surface area contributed by atoms with E-state index < -0.39 is 6.29 Å². The molecule has 3 rings (SSSR count). The van der Waals surface area contributed by atoms with Crippen molar-refractivity contribution in [3.63, 3.8) is 0 Å². The Kier molecular flexibility index (Phi) is 2.96. The Morgan fingerprint density at radius 2 is 1.87 bits per heavy atom. The SMILES string of the molecule is O[C@H]1CC2(SCCS2)[C@@H]2CCCC[C@H]2O1. The highest BCUT2D eigenvalue weighted by molar-refractivity contribution is 8.21. The Labute approximate surface area is 99.5 Å². The lowest BCUT2D eigenvalue weighted by Gasteiger charge is -2.48. The summed E-state index contributed by atoms with van der Waals surface area (Å²) in [4.78, 5) is 0. The number of aliphatic hydroxyl groups is 1. The smallest absolute Gasteiger partial charge is 0.157 e. The van der Waals surface area contributed by atoms with Gasteiger partial charge in [0.2, 0.25) is 0 Å². The van der Waals surface area contributed by atoms with E-state index in [0.29, 0.717) is 16.1 Å². The molecule has 2 saturated heterocycles. The molecule has 1 spiro atoms. The van der Waals surface area contributed by atoms with Gasteiger partial charge < -0.3 is 9.84 Å². The molecule has 0 aromatic heterocycles. The average Bonchev–Trinajstić information content (AvgIpc) is 2.67. The van der Waals surface area contributed by atoms with Crippen LogP contribution in [0.3, 0.4) is 0 Å². The first-order valence-electron chi connectivity index (χ1n) is 5.92. The average molecular weight is 246 g/mol. The molecule has 0 unspecified atom stereocenters. The van der Waals surface area contributed by atoms with Crippen LogP contribution in [0.25, 0.3) is 0 Å². The summed E-state index contributed by atoms with van der Waals surface area (Å²) in [6, 6.07) is 0. The maximum atomic E-state index is 9.82. The number of thioether (sulfide) groups is 2. The molecule has 1 saturated carbocycles. The minimum absolute atomic E-state index is 0.294. The van der Waals surface area contributed by atoms with E-state index in [1.807, 2.05) is 0 Å². The van der Waals surface area contributed by atoms with E-state index in [4.69, 9.17) is 4.74 Å². The first-order valence-corrected chi connectivity index (χ1v) is 7.89. The zero-order chi connectivity index (χ0) is 10.3. The summed E-state index contributed by atoms with van der Waals surface area (Å²) in [6.07, 6.45) is 5.75. The topological polar surface area (TPSA) is 29.5 Å². The van der Waals surface area contributed by atoms with Crippen LogP contribution < -0.4 is 0 Å². The van der Waals surface area contributed by atoms with Gasteiger partial charge >= 0.3 is 0 Å². The molecule has 0 amide bonds. The Hall–Kier alpha value is 0.620. The van der Waals surface area contributed by atoms with Crippen molar-refractivity contribution in [2.24, 2.45) is 5.92 Å². The van der Waals surface area contributed by atoms with E-state index in [2.05, 4.69) is 23.5 Å². The van der Waals surface area contributed by atoms with E-state index >= 15 is 0 Å². The lowest BCUT2D eigenvalue weighted by molar-refractivity contribution is -0.191. The third-order valence-electron chi connectivity index (χ3n) is 3.83. The van der Waals surface area contributed by atoms with Gasteiger partial charge in [-0.15, -0.1) is 23.5 Å². The molecular formula is C11H18O2S2. The molecule has 2 nitrogen and oxygen atoms in total. The monoisotopic (exact) mass is 246 g/mol. The van der Waals surface area contributed by atoms with E-state index in [0.717, 1.165) is 12.8 Å². The van der Waals surface area contributed by atoms with Crippen molar-refractivity contribution in [2.45, 2.75) is 48.6 Å². The van der Waals surface area contributed by atoms with Gasteiger partial charge in [-0.05, 0) is 12.8 Å². The predicted octanol–water partition coefficient (Wildman–Crippen LogP) is 2.46. The Morgan fingerprint density at radius 1 is 1.13 bits per heavy atom. The molecule has 0 bridgehead atoms. The molecular weight excluding hydrogens is 228 g/mol. The summed E-state index contributed by atoms with van der Waals surface area (Å²) in [5, 5.41) is 9.82. The predicted molar refractivity (Wildman–Crippen MR) is 65.1 cm³/mol. The molecule has 15 heavy (non-hydrogen) atoms. The lowest BCUT2D eigenvalue weighted by atomic mass is 9.81. The Morgan fingerprint density at radius 3 is 2.67 bits per heavy atom. The van der Waals surface area contributed by atoms with E-state index in [1.165, 1.54) is 30.8 Å². The number of hydrogen-bond acceptors (Lipinski definition) is 4. The molecule has 1 aliphatic carbocycles. The van der Waals surface area contributed by atoms with Gasteiger partial charge in [-0.3, -0.25) is 0 Å². The standard InChI is InChI=1S/C11H18O2S2/c12-10-7-11(14-5-6-15-11)8-3-1-2-4-9(8)13-10/h8-10,12H,1-7H2/t8-,9-,10-/m1/s1. The minimum Gasteiger partial charge on any atom is -0.368 e. The van der Waals surface area contributed by atoms with Crippen LogP contribution in [0, 0.1) is 5.92 Å². The fourth-order valence-electron chi connectivity index (χ4n) is 3.21. The molecule has 4 heteroatoms. The van der Waals surface area contributed by atoms with Crippen molar-refractivity contribution in [1.82, 2.24) is 0 Å². The van der Waals surface area contributed by atoms with Crippen molar-refractivity contribution in [1.29, 1.82) is 0 Å². The van der Waals surface area contributed by atoms with Crippen molar-refractivity contribution in [3.8, 4) is 0 Å². The molecule has 0 aromatic carbocycles. The van der Waals surface area contributed by atoms with Gasteiger partial charge in [-0.2, -0.15) is 0 Å². The maximum Gasteiger partial charge on any atom is 0.157 e. The zero-order valence-corrected chi connectivity index (χ0v) is 10.5. The second-order valence-electron chi connectivity index (χ2n) is 4.73. The fraction of sp³-hybridized carbons (Fsp3) is 1.00. The molecule has 2 heterocycles. The molecule has 3 aliphatic rings. The van der Waals surface area contributed by atoms with Crippen LogP contribution in [0.15, 0.2) is 0 Å². The highest BCUT2D eigenvalue weighted by atomic mass is 32.2. The van der Waals surface area contributed by atoms with Crippen molar-refractivity contribution >= 4 is 23.5 Å². The van der Waals surface area contributed by atoms with Crippen LogP contribution in [-0.2, 0) is 4.74 Å². The minimum atomic E-state index is -0.512. The van der Waals surface area contributed by atoms with Crippen LogP contribution in [0.4, 0.5) is 0 Å². The molecule has 0 aromatic rings. The van der Waals surface area contributed by atoms with Gasteiger partial charge in [0.1, 0.15) is 0 Å². The van der Waals surface area contributed by atoms with Crippen LogP contribution >= 0.6 is 23.5 Å². The number of hydrogen-bond donors (Lipinski definition) is 1. The number of aliphatic hydroxyl groups excluding tert-OH is 1. The first-order chi connectivity index (χ1) is 7.30. The van der Waals surface area contributed by atoms with Gasteiger partial charge in [-0.1, -0.05) is 12.8 Å². The van der Waals surface area contributed by atoms with E-state index in [1.54, 1.807) is 0 Å². The van der Waals surface area contributed by atoms with Crippen molar-refractivity contribution in [3.05, 3.63) is 0 Å². The second-order valence-corrected chi connectivity index (χ2v) is 7.84. The van der Waals surface area contributed by atoms with Gasteiger partial charge in [0.15, 0.2) is 6.29 Å². The summed E-state index contributed by atoms with van der Waals surface area (Å²) in [5.41, 5.74) is 0. The highest BCUT2D eigenvalue weighted by Crippen LogP contribution is 2.58. The van der Waals surface area contributed by atoms with Crippen molar-refractivity contribution in [2.75, 3.05) is 11.5 Å². The summed E-state index contributed by atoms with van der Waals surface area (Å²) < 4.78 is 6.00. The zero-order valence-electron chi connectivity index (χ0n) is 8.85. The molecule has 86 valence electrons. The second kappa shape index (κ2) is 4.13. The molecule has 1 N–H and O–H groups in total. The highest BCUT2D eigenvalue weighted by Gasteiger charge is 2.52. The van der Waals surface area contributed by atoms with Crippen LogP contribution in [0.5, 0.6) is 0 Å². The quantitative estimate of drug-likeness (QED) is 0.711.